The SMILES string of the molecule is CCC[C@@H]1C[C@H](C(=O)N[C@@H]([C@H]2O[C@@H](SC)[C@H](O)[C@@H](O)[C@H]2O)[C@@H](C)O)N(C)C1. The van der Waals surface area contributed by atoms with Gasteiger partial charge in [-0.25, -0.2) is 0 Å². The summed E-state index contributed by atoms with van der Waals surface area (Å²) >= 11 is 1.20. The highest BCUT2D eigenvalue weighted by atomic mass is 32.2. The second kappa shape index (κ2) is 9.87. The van der Waals surface area contributed by atoms with Crippen molar-refractivity contribution in [3.05, 3.63) is 0 Å². The van der Waals surface area contributed by atoms with Crippen LogP contribution >= 0.6 is 11.8 Å². The Balaban J connectivity index is 2.09. The van der Waals surface area contributed by atoms with Gasteiger partial charge in [-0.3, -0.25) is 9.69 Å². The van der Waals surface area contributed by atoms with Gasteiger partial charge in [0.25, 0.3) is 0 Å². The van der Waals surface area contributed by atoms with Gasteiger partial charge in [0.15, 0.2) is 0 Å². The smallest absolute Gasteiger partial charge is 0.237 e. The molecular weight excluding hydrogens is 372 g/mol. The predicted molar refractivity (Wildman–Crippen MR) is 103 cm³/mol. The lowest BCUT2D eigenvalue weighted by Gasteiger charge is -2.44. The molecule has 9 heteroatoms. The molecule has 0 unspecified atom stereocenters. The molecule has 5 N–H and O–H groups in total. The van der Waals surface area contributed by atoms with E-state index in [4.69, 9.17) is 4.74 Å². The minimum atomic E-state index is -1.42. The molecule has 0 spiro atoms. The summed E-state index contributed by atoms with van der Waals surface area (Å²) in [5.41, 5.74) is -0.755. The molecule has 2 fully saturated rings. The van der Waals surface area contributed by atoms with Crippen LogP contribution in [0.25, 0.3) is 0 Å². The maximum absolute atomic E-state index is 12.8. The highest BCUT2D eigenvalue weighted by Crippen LogP contribution is 2.30. The lowest BCUT2D eigenvalue weighted by Crippen LogP contribution is -2.65. The number of hydrogen-bond donors (Lipinski definition) is 5. The van der Waals surface area contributed by atoms with Crippen LogP contribution in [0.15, 0.2) is 0 Å². The third kappa shape index (κ3) is 5.14. The van der Waals surface area contributed by atoms with E-state index in [0.29, 0.717) is 5.92 Å². The number of likely N-dealkylation sites (N-methyl/N-ethyl adjacent to an activating group) is 1. The second-order valence-electron chi connectivity index (χ2n) is 7.80. The number of amides is 1. The number of rotatable bonds is 7. The van der Waals surface area contributed by atoms with Gasteiger partial charge >= 0.3 is 0 Å². The Morgan fingerprint density at radius 3 is 2.52 bits per heavy atom. The van der Waals surface area contributed by atoms with Gasteiger partial charge in [0, 0.05) is 6.54 Å². The fourth-order valence-electron chi connectivity index (χ4n) is 4.13. The van der Waals surface area contributed by atoms with Gasteiger partial charge in [-0.2, -0.15) is 0 Å². The molecule has 2 aliphatic rings. The molecule has 2 rings (SSSR count). The Morgan fingerprint density at radius 2 is 1.96 bits per heavy atom. The summed E-state index contributed by atoms with van der Waals surface area (Å²) in [5, 5.41) is 43.5. The van der Waals surface area contributed by atoms with Gasteiger partial charge in [0.2, 0.25) is 5.91 Å². The first-order valence-electron chi connectivity index (χ1n) is 9.62. The summed E-state index contributed by atoms with van der Waals surface area (Å²) in [4.78, 5) is 14.9. The number of carbonyl (C=O) groups excluding carboxylic acids is 1. The summed E-state index contributed by atoms with van der Waals surface area (Å²) < 4.78 is 5.72. The van der Waals surface area contributed by atoms with Crippen molar-refractivity contribution in [2.24, 2.45) is 5.92 Å². The highest BCUT2D eigenvalue weighted by Gasteiger charge is 2.48. The summed E-state index contributed by atoms with van der Waals surface area (Å²) in [6.07, 6.45) is -1.50. The average Bonchev–Trinajstić information content (AvgIpc) is 2.99. The number of carbonyl (C=O) groups is 1. The number of thioether (sulfide) groups is 1. The molecule has 8 nitrogen and oxygen atoms in total. The molecule has 2 aliphatic heterocycles. The number of aliphatic hydroxyl groups excluding tert-OH is 4. The Labute approximate surface area is 165 Å². The first-order valence-corrected chi connectivity index (χ1v) is 10.9. The maximum atomic E-state index is 12.8. The van der Waals surface area contributed by atoms with Gasteiger partial charge in [-0.15, -0.1) is 11.8 Å². The summed E-state index contributed by atoms with van der Waals surface area (Å²) in [6.45, 7) is 4.48. The van der Waals surface area contributed by atoms with E-state index in [9.17, 15) is 25.2 Å². The van der Waals surface area contributed by atoms with Crippen molar-refractivity contribution >= 4 is 17.7 Å². The number of nitrogens with one attached hydrogen (secondary N) is 1. The van der Waals surface area contributed by atoms with E-state index >= 15 is 0 Å². The number of likely N-dealkylation sites (tertiary alicyclic amines) is 1. The zero-order valence-corrected chi connectivity index (χ0v) is 17.3. The van der Waals surface area contributed by atoms with Crippen LogP contribution in [0.4, 0.5) is 0 Å². The zero-order valence-electron chi connectivity index (χ0n) is 16.5. The summed E-state index contributed by atoms with van der Waals surface area (Å²) in [5.74, 6) is 0.245. The summed E-state index contributed by atoms with van der Waals surface area (Å²) in [7, 11) is 1.91. The molecule has 0 aromatic carbocycles. The van der Waals surface area contributed by atoms with E-state index in [0.717, 1.165) is 25.8 Å². The first kappa shape index (κ1) is 22.9. The molecule has 0 bridgehead atoms. The Hall–Kier alpha value is -0.420. The molecule has 0 aromatic heterocycles. The minimum Gasteiger partial charge on any atom is -0.391 e. The van der Waals surface area contributed by atoms with Crippen LogP contribution in [0.5, 0.6) is 0 Å². The molecule has 0 radical (unpaired) electrons. The van der Waals surface area contributed by atoms with Crippen molar-refractivity contribution < 1.29 is 30.0 Å². The standard InChI is InChI=1S/C18H34N2O6S/c1-5-6-10-7-11(20(3)8-10)17(25)19-12(9(2)21)16-14(23)13(22)15(24)18(26-16)27-4/h9-16,18,21-24H,5-8H2,1-4H3,(H,19,25)/t9-,10-,11-,12-,13+,14-,15-,16-,18+/m1/s1. The Kier molecular flexibility index (Phi) is 8.35. The molecule has 9 atom stereocenters. The van der Waals surface area contributed by atoms with E-state index in [1.54, 1.807) is 6.26 Å². The largest absolute Gasteiger partial charge is 0.391 e. The van der Waals surface area contributed by atoms with Crippen LogP contribution in [-0.4, -0.2) is 99.1 Å². The quantitative estimate of drug-likeness (QED) is 0.370. The van der Waals surface area contributed by atoms with Gasteiger partial charge in [-0.1, -0.05) is 13.3 Å². The minimum absolute atomic E-state index is 0.223. The van der Waals surface area contributed by atoms with Gasteiger partial charge in [-0.05, 0) is 39.0 Å². The van der Waals surface area contributed by atoms with Crippen molar-refractivity contribution in [2.45, 2.75) is 81.1 Å². The topological polar surface area (TPSA) is 122 Å². The Morgan fingerprint density at radius 1 is 1.30 bits per heavy atom. The van der Waals surface area contributed by atoms with Crippen molar-refractivity contribution in [2.75, 3.05) is 19.8 Å². The number of aliphatic hydroxyl groups is 4. The molecule has 158 valence electrons. The monoisotopic (exact) mass is 406 g/mol. The molecule has 2 heterocycles. The van der Waals surface area contributed by atoms with Crippen molar-refractivity contribution in [3.8, 4) is 0 Å². The third-order valence-electron chi connectivity index (χ3n) is 5.66. The Bertz CT molecular complexity index is 494. The van der Waals surface area contributed by atoms with E-state index < -0.39 is 42.0 Å². The van der Waals surface area contributed by atoms with Gasteiger partial charge < -0.3 is 30.5 Å². The van der Waals surface area contributed by atoms with Crippen LogP contribution in [0.3, 0.4) is 0 Å². The van der Waals surface area contributed by atoms with Crippen LogP contribution in [0, 0.1) is 5.92 Å². The van der Waals surface area contributed by atoms with Crippen LogP contribution in [0.2, 0.25) is 0 Å². The lowest BCUT2D eigenvalue weighted by atomic mass is 9.92. The van der Waals surface area contributed by atoms with Crippen LogP contribution in [-0.2, 0) is 9.53 Å². The summed E-state index contributed by atoms with van der Waals surface area (Å²) in [6, 6.07) is -1.20. The fraction of sp³-hybridized carbons (Fsp3) is 0.944. The van der Waals surface area contributed by atoms with Crippen LogP contribution in [0.1, 0.15) is 33.1 Å². The molecule has 1 amide bonds. The highest BCUT2D eigenvalue weighted by molar-refractivity contribution is 7.99. The fourth-order valence-corrected chi connectivity index (χ4v) is 4.81. The van der Waals surface area contributed by atoms with Crippen LogP contribution < -0.4 is 5.32 Å². The van der Waals surface area contributed by atoms with Crippen molar-refractivity contribution in [1.82, 2.24) is 10.2 Å². The van der Waals surface area contributed by atoms with Gasteiger partial charge in [0.05, 0.1) is 18.2 Å². The lowest BCUT2D eigenvalue weighted by molar-refractivity contribution is -0.211. The van der Waals surface area contributed by atoms with Gasteiger partial charge in [0.1, 0.15) is 29.9 Å². The molecule has 0 saturated carbocycles. The predicted octanol–water partition coefficient (Wildman–Crippen LogP) is -0.857. The molecule has 2 saturated heterocycles. The van der Waals surface area contributed by atoms with Crippen molar-refractivity contribution in [1.29, 1.82) is 0 Å². The molecule has 0 aromatic rings. The number of nitrogens with zero attached hydrogens (tertiary/aromatic N) is 1. The maximum Gasteiger partial charge on any atom is 0.237 e. The molecular formula is C18H34N2O6S. The second-order valence-corrected chi connectivity index (χ2v) is 8.73. The molecule has 0 aliphatic carbocycles. The normalized spacial score (nSPS) is 39.9. The van der Waals surface area contributed by atoms with E-state index in [-0.39, 0.29) is 11.9 Å². The van der Waals surface area contributed by atoms with Crippen molar-refractivity contribution in [3.63, 3.8) is 0 Å². The first-order chi connectivity index (χ1) is 12.7. The van der Waals surface area contributed by atoms with E-state index in [1.165, 1.54) is 18.7 Å². The van der Waals surface area contributed by atoms with E-state index in [2.05, 4.69) is 12.2 Å². The van der Waals surface area contributed by atoms with E-state index in [1.807, 2.05) is 11.9 Å². The number of ether oxygens (including phenoxy) is 1. The number of hydrogen-bond acceptors (Lipinski definition) is 8. The zero-order chi connectivity index (χ0) is 20.3. The third-order valence-corrected chi connectivity index (χ3v) is 6.51. The average molecular weight is 407 g/mol. The molecule has 27 heavy (non-hydrogen) atoms.